The molecule has 3 aromatic rings. The van der Waals surface area contributed by atoms with Crippen molar-refractivity contribution in [1.29, 1.82) is 0 Å². The number of anilines is 1. The highest BCUT2D eigenvalue weighted by Gasteiger charge is 2.45. The number of nitrogens with one attached hydrogen (secondary N) is 1. The Morgan fingerprint density at radius 1 is 1.20 bits per heavy atom. The highest BCUT2D eigenvalue weighted by atomic mass is 16.2. The van der Waals surface area contributed by atoms with Crippen LogP contribution >= 0.6 is 0 Å². The van der Waals surface area contributed by atoms with Gasteiger partial charge in [-0.05, 0) is 38.3 Å². The topological polar surface area (TPSA) is 59.8 Å². The second-order valence-electron chi connectivity index (χ2n) is 7.08. The van der Waals surface area contributed by atoms with E-state index in [1.54, 1.807) is 12.4 Å². The zero-order chi connectivity index (χ0) is 17.4. The van der Waals surface area contributed by atoms with E-state index in [4.69, 9.17) is 0 Å². The van der Waals surface area contributed by atoms with Crippen molar-refractivity contribution in [2.45, 2.75) is 44.6 Å². The van der Waals surface area contributed by atoms with E-state index in [1.807, 2.05) is 41.1 Å². The maximum Gasteiger partial charge on any atom is 0.235 e. The van der Waals surface area contributed by atoms with Crippen LogP contribution in [0.3, 0.4) is 0 Å². The van der Waals surface area contributed by atoms with Crippen molar-refractivity contribution in [1.82, 2.24) is 14.8 Å². The van der Waals surface area contributed by atoms with Gasteiger partial charge in [-0.15, -0.1) is 0 Å². The van der Waals surface area contributed by atoms with Gasteiger partial charge in [0.1, 0.15) is 0 Å². The van der Waals surface area contributed by atoms with E-state index < -0.39 is 5.41 Å². The number of nitrogens with zero attached hydrogens (tertiary/aromatic N) is 3. The van der Waals surface area contributed by atoms with Crippen LogP contribution < -0.4 is 5.32 Å². The molecule has 0 spiro atoms. The zero-order valence-electron chi connectivity index (χ0n) is 14.6. The summed E-state index contributed by atoms with van der Waals surface area (Å²) in [4.78, 5) is 17.5. The van der Waals surface area contributed by atoms with E-state index in [9.17, 15) is 4.79 Å². The first-order valence-corrected chi connectivity index (χ1v) is 8.80. The Kier molecular flexibility index (Phi) is 3.79. The molecule has 0 bridgehead atoms. The Balaban J connectivity index is 1.61. The molecule has 4 rings (SSSR count). The second-order valence-corrected chi connectivity index (χ2v) is 7.08. The average molecular weight is 334 g/mol. The SMILES string of the molecule is CC(C)n1ncc2cc(NC(=O)C3(c4ccccc4)CCC3)cnc21. The molecular weight excluding hydrogens is 312 g/mol. The maximum atomic E-state index is 13.0. The van der Waals surface area contributed by atoms with Crippen molar-refractivity contribution in [2.24, 2.45) is 0 Å². The fraction of sp³-hybridized carbons (Fsp3) is 0.350. The normalized spacial score (nSPS) is 16.0. The van der Waals surface area contributed by atoms with Gasteiger partial charge in [-0.25, -0.2) is 9.67 Å². The standard InChI is InChI=1S/C20H22N4O/c1-14(2)24-18-15(12-22-24)11-17(13-21-18)23-19(25)20(9-6-10-20)16-7-4-3-5-8-16/h3-5,7-8,11-14H,6,9-10H2,1-2H3,(H,23,25). The largest absolute Gasteiger partial charge is 0.324 e. The predicted octanol–water partition coefficient (Wildman–Crippen LogP) is 4.07. The molecule has 0 unspecified atom stereocenters. The smallest absolute Gasteiger partial charge is 0.235 e. The first-order valence-electron chi connectivity index (χ1n) is 8.80. The third kappa shape index (κ3) is 2.60. The summed E-state index contributed by atoms with van der Waals surface area (Å²) < 4.78 is 1.89. The highest BCUT2D eigenvalue weighted by Crippen LogP contribution is 2.44. The van der Waals surface area contributed by atoms with Crippen molar-refractivity contribution in [3.8, 4) is 0 Å². The molecule has 5 nitrogen and oxygen atoms in total. The Bertz CT molecular complexity index is 910. The van der Waals surface area contributed by atoms with Gasteiger partial charge in [0, 0.05) is 11.4 Å². The third-order valence-corrected chi connectivity index (χ3v) is 5.15. The number of hydrogen-bond donors (Lipinski definition) is 1. The van der Waals surface area contributed by atoms with Crippen LogP contribution in [0.2, 0.25) is 0 Å². The first kappa shape index (κ1) is 15.8. The molecule has 0 aliphatic heterocycles. The summed E-state index contributed by atoms with van der Waals surface area (Å²) in [6.07, 6.45) is 6.39. The Hall–Kier alpha value is -2.69. The Morgan fingerprint density at radius 3 is 2.60 bits per heavy atom. The van der Waals surface area contributed by atoms with E-state index in [1.165, 1.54) is 0 Å². The van der Waals surface area contributed by atoms with Gasteiger partial charge in [0.25, 0.3) is 0 Å². The van der Waals surface area contributed by atoms with E-state index in [-0.39, 0.29) is 11.9 Å². The van der Waals surface area contributed by atoms with Crippen LogP contribution in [0.4, 0.5) is 5.69 Å². The minimum Gasteiger partial charge on any atom is -0.324 e. The molecule has 1 N–H and O–H groups in total. The molecule has 5 heteroatoms. The lowest BCUT2D eigenvalue weighted by atomic mass is 9.64. The van der Waals surface area contributed by atoms with Gasteiger partial charge in [-0.2, -0.15) is 5.10 Å². The quantitative estimate of drug-likeness (QED) is 0.782. The number of carbonyl (C=O) groups is 1. The molecule has 0 atom stereocenters. The molecule has 1 aromatic carbocycles. The van der Waals surface area contributed by atoms with Gasteiger partial charge in [0.05, 0.1) is 23.5 Å². The molecule has 0 radical (unpaired) electrons. The fourth-order valence-electron chi connectivity index (χ4n) is 3.57. The molecule has 0 saturated heterocycles. The molecule has 1 amide bonds. The van der Waals surface area contributed by atoms with Crippen LogP contribution in [-0.2, 0) is 10.2 Å². The van der Waals surface area contributed by atoms with Crippen molar-refractivity contribution in [3.05, 3.63) is 54.4 Å². The van der Waals surface area contributed by atoms with Crippen LogP contribution in [0.5, 0.6) is 0 Å². The molecule has 128 valence electrons. The number of hydrogen-bond acceptors (Lipinski definition) is 3. The molecule has 1 saturated carbocycles. The van der Waals surface area contributed by atoms with Crippen molar-refractivity contribution in [3.63, 3.8) is 0 Å². The van der Waals surface area contributed by atoms with E-state index >= 15 is 0 Å². The Labute approximate surface area is 147 Å². The Morgan fingerprint density at radius 2 is 1.96 bits per heavy atom. The van der Waals surface area contributed by atoms with Gasteiger partial charge >= 0.3 is 0 Å². The van der Waals surface area contributed by atoms with E-state index in [2.05, 4.69) is 29.2 Å². The van der Waals surface area contributed by atoms with Crippen LogP contribution in [-0.4, -0.2) is 20.7 Å². The monoisotopic (exact) mass is 334 g/mol. The molecule has 2 aromatic heterocycles. The number of fused-ring (bicyclic) bond motifs is 1. The molecule has 1 aliphatic rings. The second kappa shape index (κ2) is 5.99. The summed E-state index contributed by atoms with van der Waals surface area (Å²) in [6.45, 7) is 4.15. The van der Waals surface area contributed by atoms with Crippen LogP contribution in [0.1, 0.15) is 44.7 Å². The van der Waals surface area contributed by atoms with Gasteiger partial charge in [0.15, 0.2) is 5.65 Å². The van der Waals surface area contributed by atoms with Crippen molar-refractivity contribution in [2.75, 3.05) is 5.32 Å². The minimum atomic E-state index is -0.404. The molecule has 1 fully saturated rings. The zero-order valence-corrected chi connectivity index (χ0v) is 14.6. The minimum absolute atomic E-state index is 0.0577. The molecule has 2 heterocycles. The lowest BCUT2D eigenvalue weighted by Crippen LogP contribution is -2.46. The maximum absolute atomic E-state index is 13.0. The van der Waals surface area contributed by atoms with Gasteiger partial charge < -0.3 is 5.32 Å². The number of pyridine rings is 1. The molecule has 25 heavy (non-hydrogen) atoms. The van der Waals surface area contributed by atoms with Crippen LogP contribution in [0.15, 0.2) is 48.8 Å². The van der Waals surface area contributed by atoms with Gasteiger partial charge in [-0.1, -0.05) is 36.8 Å². The van der Waals surface area contributed by atoms with Crippen LogP contribution in [0.25, 0.3) is 11.0 Å². The number of benzene rings is 1. The predicted molar refractivity (Wildman–Crippen MR) is 98.5 cm³/mol. The summed E-state index contributed by atoms with van der Waals surface area (Å²) in [5.41, 5.74) is 2.26. The summed E-state index contributed by atoms with van der Waals surface area (Å²) in [5, 5.41) is 8.39. The number of carbonyl (C=O) groups excluding carboxylic acids is 1. The summed E-state index contributed by atoms with van der Waals surface area (Å²) >= 11 is 0. The summed E-state index contributed by atoms with van der Waals surface area (Å²) in [6, 6.07) is 12.3. The first-order chi connectivity index (χ1) is 12.1. The highest BCUT2D eigenvalue weighted by molar-refractivity contribution is 6.00. The van der Waals surface area contributed by atoms with Crippen molar-refractivity contribution >= 4 is 22.6 Å². The van der Waals surface area contributed by atoms with E-state index in [0.717, 1.165) is 41.5 Å². The number of amides is 1. The van der Waals surface area contributed by atoms with Crippen LogP contribution in [0, 0.1) is 0 Å². The lowest BCUT2D eigenvalue weighted by Gasteiger charge is -2.40. The molecule has 1 aliphatic carbocycles. The third-order valence-electron chi connectivity index (χ3n) is 5.15. The number of aromatic nitrogens is 3. The van der Waals surface area contributed by atoms with Gasteiger partial charge in [-0.3, -0.25) is 4.79 Å². The molecular formula is C20H22N4O. The average Bonchev–Trinajstić information content (AvgIpc) is 2.98. The summed E-state index contributed by atoms with van der Waals surface area (Å²) in [7, 11) is 0. The number of rotatable bonds is 4. The lowest BCUT2D eigenvalue weighted by molar-refractivity contribution is -0.124. The van der Waals surface area contributed by atoms with Crippen molar-refractivity contribution < 1.29 is 4.79 Å². The van der Waals surface area contributed by atoms with Gasteiger partial charge in [0.2, 0.25) is 5.91 Å². The summed E-state index contributed by atoms with van der Waals surface area (Å²) in [5.74, 6) is 0.0577. The van der Waals surface area contributed by atoms with E-state index in [0.29, 0.717) is 0 Å². The fourth-order valence-corrected chi connectivity index (χ4v) is 3.57.